The summed E-state index contributed by atoms with van der Waals surface area (Å²) in [4.78, 5) is 15.0. The maximum Gasteiger partial charge on any atom is 0.255 e. The fourth-order valence-electron chi connectivity index (χ4n) is 3.60. The van der Waals surface area contributed by atoms with Crippen molar-refractivity contribution in [1.29, 1.82) is 0 Å². The second-order valence-corrected chi connectivity index (χ2v) is 8.26. The number of benzene rings is 2. The van der Waals surface area contributed by atoms with Gasteiger partial charge in [0.25, 0.3) is 5.91 Å². The first kappa shape index (κ1) is 18.5. The highest BCUT2D eigenvalue weighted by atomic mass is 32.2. The van der Waals surface area contributed by atoms with Crippen LogP contribution in [-0.4, -0.2) is 41.9 Å². The van der Waals surface area contributed by atoms with Crippen LogP contribution in [0.4, 0.5) is 10.1 Å². The Morgan fingerprint density at radius 3 is 2.70 bits per heavy atom. The third kappa shape index (κ3) is 4.34. The zero-order chi connectivity index (χ0) is 18.6. The predicted molar refractivity (Wildman–Crippen MR) is 109 cm³/mol. The van der Waals surface area contributed by atoms with Crippen LogP contribution < -0.4 is 10.6 Å². The normalized spacial score (nSPS) is 17.4. The first-order valence-electron chi connectivity index (χ1n) is 9.42. The lowest BCUT2D eigenvalue weighted by Crippen LogP contribution is -2.31. The molecular formula is C21H24FN3OS. The van der Waals surface area contributed by atoms with E-state index in [9.17, 15) is 9.18 Å². The second-order valence-electron chi connectivity index (χ2n) is 7.03. The summed E-state index contributed by atoms with van der Waals surface area (Å²) in [6, 6.07) is 11.2. The Kier molecular flexibility index (Phi) is 5.76. The summed E-state index contributed by atoms with van der Waals surface area (Å²) in [5, 5.41) is 5.96. The van der Waals surface area contributed by atoms with Gasteiger partial charge in [0.2, 0.25) is 0 Å². The minimum absolute atomic E-state index is 0.260. The number of nitrogens with zero attached hydrogens (tertiary/aromatic N) is 1. The van der Waals surface area contributed by atoms with E-state index < -0.39 is 0 Å². The Hall–Kier alpha value is -1.89. The first-order valence-corrected chi connectivity index (χ1v) is 10.6. The third-order valence-corrected chi connectivity index (χ3v) is 6.12. The van der Waals surface area contributed by atoms with Crippen molar-refractivity contribution in [3.8, 4) is 0 Å². The summed E-state index contributed by atoms with van der Waals surface area (Å²) in [6.07, 6.45) is 0.647. The molecule has 2 aromatic carbocycles. The highest BCUT2D eigenvalue weighted by Crippen LogP contribution is 2.25. The molecule has 0 unspecified atom stereocenters. The van der Waals surface area contributed by atoms with Gasteiger partial charge in [-0.25, -0.2) is 4.39 Å². The summed E-state index contributed by atoms with van der Waals surface area (Å²) in [7, 11) is 0. The predicted octanol–water partition coefficient (Wildman–Crippen LogP) is 3.27. The van der Waals surface area contributed by atoms with Gasteiger partial charge in [-0.05, 0) is 47.9 Å². The topological polar surface area (TPSA) is 44.4 Å². The van der Waals surface area contributed by atoms with Crippen LogP contribution in [0.1, 0.15) is 27.0 Å². The summed E-state index contributed by atoms with van der Waals surface area (Å²) < 4.78 is 14.7. The monoisotopic (exact) mass is 385 g/mol. The van der Waals surface area contributed by atoms with E-state index in [0.717, 1.165) is 31.7 Å². The van der Waals surface area contributed by atoms with Crippen LogP contribution in [0.5, 0.6) is 0 Å². The van der Waals surface area contributed by atoms with Crippen molar-refractivity contribution in [3.05, 3.63) is 64.5 Å². The number of fused-ring (bicyclic) bond motifs is 1. The van der Waals surface area contributed by atoms with E-state index in [1.807, 2.05) is 42.1 Å². The Morgan fingerprint density at radius 2 is 1.93 bits per heavy atom. The summed E-state index contributed by atoms with van der Waals surface area (Å²) in [5.41, 5.74) is 3.69. The molecular weight excluding hydrogens is 361 g/mol. The van der Waals surface area contributed by atoms with Crippen molar-refractivity contribution in [1.82, 2.24) is 10.2 Å². The van der Waals surface area contributed by atoms with Gasteiger partial charge in [0.15, 0.2) is 0 Å². The van der Waals surface area contributed by atoms with Crippen LogP contribution in [0.25, 0.3) is 0 Å². The molecule has 2 aromatic rings. The molecule has 6 heteroatoms. The quantitative estimate of drug-likeness (QED) is 0.848. The molecule has 0 aliphatic carbocycles. The molecule has 1 fully saturated rings. The average molecular weight is 386 g/mol. The van der Waals surface area contributed by atoms with Gasteiger partial charge in [0.1, 0.15) is 5.82 Å². The molecule has 0 aromatic heterocycles. The Labute approximate surface area is 163 Å². The van der Waals surface area contributed by atoms with E-state index in [2.05, 4.69) is 15.5 Å². The number of anilines is 1. The van der Waals surface area contributed by atoms with Crippen LogP contribution >= 0.6 is 11.8 Å². The third-order valence-electron chi connectivity index (χ3n) is 5.18. The van der Waals surface area contributed by atoms with Crippen LogP contribution in [0.2, 0.25) is 0 Å². The Balaban J connectivity index is 1.42. The number of thioether (sulfide) groups is 1. The van der Waals surface area contributed by atoms with E-state index in [1.54, 1.807) is 6.07 Å². The first-order chi connectivity index (χ1) is 13.2. The van der Waals surface area contributed by atoms with Crippen molar-refractivity contribution in [3.63, 3.8) is 0 Å². The van der Waals surface area contributed by atoms with E-state index in [-0.39, 0.29) is 17.4 Å². The molecule has 0 saturated carbocycles. The minimum atomic E-state index is -0.304. The van der Waals surface area contributed by atoms with E-state index in [4.69, 9.17) is 0 Å². The zero-order valence-corrected chi connectivity index (χ0v) is 16.1. The van der Waals surface area contributed by atoms with Crippen molar-refractivity contribution in [2.24, 2.45) is 0 Å². The van der Waals surface area contributed by atoms with Crippen LogP contribution in [0, 0.1) is 5.82 Å². The van der Waals surface area contributed by atoms with E-state index in [1.165, 1.54) is 17.1 Å². The number of amides is 1. The minimum Gasteiger partial charge on any atom is -0.319 e. The molecule has 4 nitrogen and oxygen atoms in total. The lowest BCUT2D eigenvalue weighted by atomic mass is 9.99. The molecule has 1 amide bonds. The highest BCUT2D eigenvalue weighted by molar-refractivity contribution is 7.99. The van der Waals surface area contributed by atoms with Gasteiger partial charge in [-0.3, -0.25) is 9.69 Å². The van der Waals surface area contributed by atoms with Gasteiger partial charge < -0.3 is 10.6 Å². The molecule has 2 aliphatic heterocycles. The second kappa shape index (κ2) is 8.42. The summed E-state index contributed by atoms with van der Waals surface area (Å²) in [5.74, 6) is 1.79. The van der Waals surface area contributed by atoms with Gasteiger partial charge in [-0.1, -0.05) is 18.2 Å². The Morgan fingerprint density at radius 1 is 1.15 bits per heavy atom. The molecule has 4 rings (SSSR count). The SMILES string of the molecule is O=C(Nc1ccc2c(c1F)CCNC2)c1ccc(CN2CCSCC2)cc1. The highest BCUT2D eigenvalue weighted by Gasteiger charge is 2.18. The lowest BCUT2D eigenvalue weighted by Gasteiger charge is -2.26. The number of hydrogen-bond acceptors (Lipinski definition) is 4. The summed E-state index contributed by atoms with van der Waals surface area (Å²) in [6.45, 7) is 4.58. The van der Waals surface area contributed by atoms with Gasteiger partial charge in [0.05, 0.1) is 5.69 Å². The molecule has 0 bridgehead atoms. The number of hydrogen-bond donors (Lipinski definition) is 2. The standard InChI is InChI=1S/C21H24FN3OS/c22-20-18-7-8-23-13-17(18)5-6-19(20)24-21(26)16-3-1-15(2-4-16)14-25-9-11-27-12-10-25/h1-6,23H,7-14H2,(H,24,26). The van der Waals surface area contributed by atoms with Gasteiger partial charge in [0, 0.05) is 43.2 Å². The Bertz CT molecular complexity index is 819. The number of carbonyl (C=O) groups excluding carboxylic acids is 1. The number of rotatable bonds is 4. The van der Waals surface area contributed by atoms with E-state index in [0.29, 0.717) is 24.1 Å². The number of halogens is 1. The number of nitrogens with one attached hydrogen (secondary N) is 2. The molecule has 0 spiro atoms. The lowest BCUT2D eigenvalue weighted by molar-refractivity contribution is 0.102. The molecule has 0 radical (unpaired) electrons. The van der Waals surface area contributed by atoms with Crippen molar-refractivity contribution >= 4 is 23.4 Å². The molecule has 0 atom stereocenters. The molecule has 2 heterocycles. The molecule has 142 valence electrons. The van der Waals surface area contributed by atoms with Gasteiger partial charge >= 0.3 is 0 Å². The smallest absolute Gasteiger partial charge is 0.255 e. The van der Waals surface area contributed by atoms with Crippen LogP contribution in [0.3, 0.4) is 0 Å². The maximum atomic E-state index is 14.7. The van der Waals surface area contributed by atoms with Gasteiger partial charge in [-0.15, -0.1) is 0 Å². The van der Waals surface area contributed by atoms with Gasteiger partial charge in [-0.2, -0.15) is 11.8 Å². The van der Waals surface area contributed by atoms with Crippen molar-refractivity contribution in [2.45, 2.75) is 19.5 Å². The maximum absolute atomic E-state index is 14.7. The summed E-state index contributed by atoms with van der Waals surface area (Å²) >= 11 is 2.00. The number of carbonyl (C=O) groups is 1. The van der Waals surface area contributed by atoms with Crippen LogP contribution in [-0.2, 0) is 19.5 Å². The average Bonchev–Trinajstić information content (AvgIpc) is 2.71. The fraction of sp³-hybridized carbons (Fsp3) is 0.381. The van der Waals surface area contributed by atoms with Crippen molar-refractivity contribution < 1.29 is 9.18 Å². The van der Waals surface area contributed by atoms with Crippen LogP contribution in [0.15, 0.2) is 36.4 Å². The van der Waals surface area contributed by atoms with Crippen molar-refractivity contribution in [2.75, 3.05) is 36.5 Å². The molecule has 1 saturated heterocycles. The fourth-order valence-corrected chi connectivity index (χ4v) is 4.58. The zero-order valence-electron chi connectivity index (χ0n) is 15.3. The largest absolute Gasteiger partial charge is 0.319 e. The molecule has 2 aliphatic rings. The molecule has 27 heavy (non-hydrogen) atoms. The van der Waals surface area contributed by atoms with E-state index >= 15 is 0 Å². The molecule has 2 N–H and O–H groups in total.